The van der Waals surface area contributed by atoms with E-state index in [0.29, 0.717) is 0 Å². The van der Waals surface area contributed by atoms with E-state index < -0.39 is 0 Å². The van der Waals surface area contributed by atoms with Crippen molar-refractivity contribution in [1.82, 2.24) is 20.2 Å². The molecular formula is C12H20N4. The second-order valence-corrected chi connectivity index (χ2v) is 5.01. The van der Waals surface area contributed by atoms with Gasteiger partial charge >= 0.3 is 0 Å². The van der Waals surface area contributed by atoms with Gasteiger partial charge in [-0.05, 0) is 19.4 Å². The summed E-state index contributed by atoms with van der Waals surface area (Å²) in [6.45, 7) is 6.86. The maximum Gasteiger partial charge on any atom is 0.0926 e. The van der Waals surface area contributed by atoms with Gasteiger partial charge in [0.1, 0.15) is 0 Å². The molecule has 0 aromatic carbocycles. The Hall–Kier alpha value is -0.870. The summed E-state index contributed by atoms with van der Waals surface area (Å²) in [5.41, 5.74) is 2.76. The predicted octanol–water partition coefficient (Wildman–Crippen LogP) is 0.866. The van der Waals surface area contributed by atoms with Gasteiger partial charge in [0.15, 0.2) is 0 Å². The molecule has 2 aliphatic rings. The van der Waals surface area contributed by atoms with Gasteiger partial charge in [-0.2, -0.15) is 0 Å². The van der Waals surface area contributed by atoms with Gasteiger partial charge in [0.25, 0.3) is 0 Å². The lowest BCUT2D eigenvalue weighted by Crippen LogP contribution is -2.49. The van der Waals surface area contributed by atoms with Crippen molar-refractivity contribution in [3.8, 4) is 0 Å². The highest BCUT2D eigenvalue weighted by Crippen LogP contribution is 2.34. The Morgan fingerprint density at radius 2 is 2.50 bits per heavy atom. The maximum atomic E-state index is 4.54. The highest BCUT2D eigenvalue weighted by Gasteiger charge is 2.43. The first kappa shape index (κ1) is 10.3. The molecule has 1 spiro atoms. The first-order chi connectivity index (χ1) is 7.84. The normalized spacial score (nSPS) is 29.8. The molecule has 0 aliphatic carbocycles. The van der Waals surface area contributed by atoms with E-state index in [1.165, 1.54) is 37.3 Å². The smallest absolute Gasteiger partial charge is 0.0926 e. The SMILES string of the molecule is CCCN1CCC2(C1)NCCc1[nH]cnc12. The molecule has 0 amide bonds. The predicted molar refractivity (Wildman–Crippen MR) is 63.3 cm³/mol. The van der Waals surface area contributed by atoms with Crippen molar-refractivity contribution in [3.05, 3.63) is 17.7 Å². The van der Waals surface area contributed by atoms with Crippen molar-refractivity contribution < 1.29 is 0 Å². The van der Waals surface area contributed by atoms with Crippen LogP contribution in [0.1, 0.15) is 31.2 Å². The minimum absolute atomic E-state index is 0.142. The van der Waals surface area contributed by atoms with E-state index in [1.807, 2.05) is 6.33 Å². The third kappa shape index (κ3) is 1.48. The molecule has 0 radical (unpaired) electrons. The third-order valence-corrected chi connectivity index (χ3v) is 3.90. The van der Waals surface area contributed by atoms with E-state index in [4.69, 9.17) is 0 Å². The van der Waals surface area contributed by atoms with Crippen LogP contribution in [0.2, 0.25) is 0 Å². The Balaban J connectivity index is 1.86. The summed E-state index contributed by atoms with van der Waals surface area (Å²) < 4.78 is 0. The minimum atomic E-state index is 0.142. The monoisotopic (exact) mass is 220 g/mol. The van der Waals surface area contributed by atoms with Gasteiger partial charge in [-0.25, -0.2) is 4.98 Å². The molecule has 0 saturated carbocycles. The number of fused-ring (bicyclic) bond motifs is 2. The Labute approximate surface area is 96.4 Å². The standard InChI is InChI=1S/C12H20N4/c1-2-6-16-7-4-12(8-16)11-10(3-5-15-12)13-9-14-11/h9,15H,2-8H2,1H3,(H,13,14). The quantitative estimate of drug-likeness (QED) is 0.777. The summed E-state index contributed by atoms with van der Waals surface area (Å²) in [7, 11) is 0. The van der Waals surface area contributed by atoms with Crippen LogP contribution >= 0.6 is 0 Å². The highest BCUT2D eigenvalue weighted by atomic mass is 15.2. The zero-order valence-electron chi connectivity index (χ0n) is 9.92. The molecule has 88 valence electrons. The number of nitrogens with one attached hydrogen (secondary N) is 2. The van der Waals surface area contributed by atoms with Crippen LogP contribution in [0.25, 0.3) is 0 Å². The lowest BCUT2D eigenvalue weighted by molar-refractivity contribution is 0.270. The molecule has 1 atom stereocenters. The van der Waals surface area contributed by atoms with E-state index in [0.717, 1.165) is 19.5 Å². The molecule has 1 aromatic heterocycles. The summed E-state index contributed by atoms with van der Waals surface area (Å²) in [5, 5.41) is 3.70. The second-order valence-electron chi connectivity index (χ2n) is 5.01. The zero-order valence-corrected chi connectivity index (χ0v) is 9.92. The molecule has 2 N–H and O–H groups in total. The van der Waals surface area contributed by atoms with Crippen molar-refractivity contribution >= 4 is 0 Å². The van der Waals surface area contributed by atoms with Gasteiger partial charge in [-0.3, -0.25) is 0 Å². The number of H-pyrrole nitrogens is 1. The van der Waals surface area contributed by atoms with E-state index in [9.17, 15) is 0 Å². The van der Waals surface area contributed by atoms with Gasteiger partial charge in [-0.1, -0.05) is 6.92 Å². The van der Waals surface area contributed by atoms with Crippen molar-refractivity contribution in [1.29, 1.82) is 0 Å². The highest BCUT2D eigenvalue weighted by molar-refractivity contribution is 5.27. The third-order valence-electron chi connectivity index (χ3n) is 3.90. The van der Waals surface area contributed by atoms with E-state index in [1.54, 1.807) is 0 Å². The molecule has 4 nitrogen and oxygen atoms in total. The van der Waals surface area contributed by atoms with Crippen LogP contribution < -0.4 is 5.32 Å². The zero-order chi connectivity index (χ0) is 11.0. The van der Waals surface area contributed by atoms with Gasteiger partial charge in [0.2, 0.25) is 0 Å². The Morgan fingerprint density at radius 1 is 1.56 bits per heavy atom. The average molecular weight is 220 g/mol. The fourth-order valence-corrected chi connectivity index (χ4v) is 3.17. The Bertz CT molecular complexity index is 373. The number of rotatable bonds is 2. The number of likely N-dealkylation sites (tertiary alicyclic amines) is 1. The molecule has 4 heteroatoms. The summed E-state index contributed by atoms with van der Waals surface area (Å²) in [4.78, 5) is 10.4. The average Bonchev–Trinajstić information content (AvgIpc) is 2.88. The molecular weight excluding hydrogens is 200 g/mol. The number of aromatic nitrogens is 2. The number of aromatic amines is 1. The van der Waals surface area contributed by atoms with Crippen molar-refractivity contribution in [2.45, 2.75) is 31.7 Å². The fraction of sp³-hybridized carbons (Fsp3) is 0.750. The van der Waals surface area contributed by atoms with Crippen molar-refractivity contribution in [2.75, 3.05) is 26.2 Å². The Kier molecular flexibility index (Phi) is 2.48. The van der Waals surface area contributed by atoms with Crippen LogP contribution in [0, 0.1) is 0 Å². The molecule has 1 aromatic rings. The number of hydrogen-bond donors (Lipinski definition) is 2. The van der Waals surface area contributed by atoms with Gasteiger partial charge in [0.05, 0.1) is 17.6 Å². The molecule has 3 rings (SSSR count). The number of imidazole rings is 1. The van der Waals surface area contributed by atoms with Crippen molar-refractivity contribution in [3.63, 3.8) is 0 Å². The van der Waals surface area contributed by atoms with Crippen LogP contribution in [0.5, 0.6) is 0 Å². The van der Waals surface area contributed by atoms with Gasteiger partial charge in [0, 0.05) is 31.7 Å². The summed E-state index contributed by atoms with van der Waals surface area (Å²) >= 11 is 0. The second kappa shape index (κ2) is 3.86. The molecule has 1 unspecified atom stereocenters. The molecule has 3 heterocycles. The first-order valence-electron chi connectivity index (χ1n) is 6.34. The molecule has 1 fully saturated rings. The molecule has 2 aliphatic heterocycles. The van der Waals surface area contributed by atoms with Crippen LogP contribution in [0.3, 0.4) is 0 Å². The van der Waals surface area contributed by atoms with Crippen LogP contribution in [-0.4, -0.2) is 41.0 Å². The molecule has 16 heavy (non-hydrogen) atoms. The molecule has 1 saturated heterocycles. The largest absolute Gasteiger partial charge is 0.348 e. The number of nitrogens with zero attached hydrogens (tertiary/aromatic N) is 2. The van der Waals surface area contributed by atoms with Crippen LogP contribution in [0.4, 0.5) is 0 Å². The number of hydrogen-bond acceptors (Lipinski definition) is 3. The summed E-state index contributed by atoms with van der Waals surface area (Å²) in [5.74, 6) is 0. The molecule has 0 bridgehead atoms. The topological polar surface area (TPSA) is 44.0 Å². The van der Waals surface area contributed by atoms with Crippen LogP contribution in [-0.2, 0) is 12.0 Å². The van der Waals surface area contributed by atoms with E-state index in [2.05, 4.69) is 27.1 Å². The summed E-state index contributed by atoms with van der Waals surface area (Å²) in [6.07, 6.45) is 5.38. The van der Waals surface area contributed by atoms with Gasteiger partial charge in [-0.15, -0.1) is 0 Å². The van der Waals surface area contributed by atoms with Crippen LogP contribution in [0.15, 0.2) is 6.33 Å². The fourth-order valence-electron chi connectivity index (χ4n) is 3.17. The van der Waals surface area contributed by atoms with Crippen molar-refractivity contribution in [2.24, 2.45) is 0 Å². The van der Waals surface area contributed by atoms with E-state index in [-0.39, 0.29) is 5.54 Å². The van der Waals surface area contributed by atoms with Gasteiger partial charge < -0.3 is 15.2 Å². The first-order valence-corrected chi connectivity index (χ1v) is 6.34. The lowest BCUT2D eigenvalue weighted by Gasteiger charge is -2.34. The summed E-state index contributed by atoms with van der Waals surface area (Å²) in [6, 6.07) is 0. The minimum Gasteiger partial charge on any atom is -0.348 e. The maximum absolute atomic E-state index is 4.54. The van der Waals surface area contributed by atoms with E-state index >= 15 is 0 Å². The Morgan fingerprint density at radius 3 is 3.38 bits per heavy atom. The lowest BCUT2D eigenvalue weighted by atomic mass is 9.88.